The van der Waals surface area contributed by atoms with Crippen LogP contribution >= 0.6 is 23.4 Å². The van der Waals surface area contributed by atoms with E-state index in [-0.39, 0.29) is 17.0 Å². The fourth-order valence-electron chi connectivity index (χ4n) is 2.75. The van der Waals surface area contributed by atoms with Gasteiger partial charge in [0, 0.05) is 21.3 Å². The molecule has 3 rings (SSSR count). The van der Waals surface area contributed by atoms with Crippen molar-refractivity contribution in [3.05, 3.63) is 88.9 Å². The maximum Gasteiger partial charge on any atom is 0.336 e. The molecule has 0 radical (unpaired) electrons. The summed E-state index contributed by atoms with van der Waals surface area (Å²) < 4.78 is 0. The summed E-state index contributed by atoms with van der Waals surface area (Å²) in [4.78, 5) is 37.1. The highest BCUT2D eigenvalue weighted by atomic mass is 35.5. The van der Waals surface area contributed by atoms with E-state index in [2.05, 4.69) is 10.6 Å². The average molecular weight is 455 g/mol. The molecule has 0 aliphatic carbocycles. The van der Waals surface area contributed by atoms with Crippen LogP contribution in [0.3, 0.4) is 0 Å². The number of hydrogen-bond donors (Lipinski definition) is 3. The van der Waals surface area contributed by atoms with Crippen LogP contribution in [0.25, 0.3) is 0 Å². The summed E-state index contributed by atoms with van der Waals surface area (Å²) in [5, 5.41) is 15.0. The van der Waals surface area contributed by atoms with Gasteiger partial charge in [0.1, 0.15) is 0 Å². The molecule has 0 aliphatic rings. The second-order valence-corrected chi connectivity index (χ2v) is 8.44. The third-order valence-corrected chi connectivity index (χ3v) is 5.63. The number of carbonyl (C=O) groups excluding carboxylic acids is 2. The smallest absolute Gasteiger partial charge is 0.336 e. The van der Waals surface area contributed by atoms with Crippen molar-refractivity contribution >= 4 is 52.5 Å². The lowest BCUT2D eigenvalue weighted by Gasteiger charge is -2.13. The standard InChI is InChI=1S/C23H19ClN2O4S/c1-14(21(27)25-16-11-9-15(24)10-12-16)31-18-6-4-5-17(13-18)26-22(28)19-7-2-3-8-20(19)23(29)30/h2-14H,1H3,(H,25,27)(H,26,28)(H,29,30). The van der Waals surface area contributed by atoms with Crippen LogP contribution < -0.4 is 10.6 Å². The van der Waals surface area contributed by atoms with Crippen LogP contribution in [-0.2, 0) is 4.79 Å². The number of halogens is 1. The number of anilines is 2. The van der Waals surface area contributed by atoms with Gasteiger partial charge in [0.15, 0.2) is 0 Å². The molecule has 3 aromatic carbocycles. The molecule has 2 amide bonds. The van der Waals surface area contributed by atoms with Gasteiger partial charge in [-0.05, 0) is 61.5 Å². The highest BCUT2D eigenvalue weighted by Gasteiger charge is 2.17. The van der Waals surface area contributed by atoms with Crippen molar-refractivity contribution in [2.75, 3.05) is 10.6 Å². The SMILES string of the molecule is CC(Sc1cccc(NC(=O)c2ccccc2C(=O)O)c1)C(=O)Nc1ccc(Cl)cc1. The Morgan fingerprint density at radius 3 is 2.23 bits per heavy atom. The highest BCUT2D eigenvalue weighted by Crippen LogP contribution is 2.27. The van der Waals surface area contributed by atoms with Gasteiger partial charge < -0.3 is 15.7 Å². The first-order chi connectivity index (χ1) is 14.8. The van der Waals surface area contributed by atoms with Crippen molar-refractivity contribution in [1.82, 2.24) is 0 Å². The van der Waals surface area contributed by atoms with E-state index in [0.717, 1.165) is 4.90 Å². The Morgan fingerprint density at radius 2 is 1.55 bits per heavy atom. The number of carboxylic acid groups (broad SMARTS) is 1. The van der Waals surface area contributed by atoms with Crippen LogP contribution in [0.4, 0.5) is 11.4 Å². The molecule has 0 aliphatic heterocycles. The molecule has 0 aromatic heterocycles. The van der Waals surface area contributed by atoms with Crippen molar-refractivity contribution in [2.45, 2.75) is 17.1 Å². The molecule has 0 saturated carbocycles. The molecule has 31 heavy (non-hydrogen) atoms. The van der Waals surface area contributed by atoms with Crippen molar-refractivity contribution < 1.29 is 19.5 Å². The summed E-state index contributed by atoms with van der Waals surface area (Å²) in [7, 11) is 0. The first kappa shape index (κ1) is 22.4. The Balaban J connectivity index is 1.66. The van der Waals surface area contributed by atoms with Crippen molar-refractivity contribution in [2.24, 2.45) is 0 Å². The zero-order valence-corrected chi connectivity index (χ0v) is 18.0. The number of thioether (sulfide) groups is 1. The van der Waals surface area contributed by atoms with Gasteiger partial charge in [-0.15, -0.1) is 11.8 Å². The van der Waals surface area contributed by atoms with Gasteiger partial charge in [-0.3, -0.25) is 9.59 Å². The second-order valence-electron chi connectivity index (χ2n) is 6.59. The predicted octanol–water partition coefficient (Wildman–Crippen LogP) is 5.41. The largest absolute Gasteiger partial charge is 0.478 e. The summed E-state index contributed by atoms with van der Waals surface area (Å²) in [6.07, 6.45) is 0. The molecule has 0 heterocycles. The normalized spacial score (nSPS) is 11.4. The van der Waals surface area contributed by atoms with Crippen LogP contribution in [0.2, 0.25) is 5.02 Å². The molecule has 0 bridgehead atoms. The quantitative estimate of drug-likeness (QED) is 0.415. The first-order valence-corrected chi connectivity index (χ1v) is 10.6. The summed E-state index contributed by atoms with van der Waals surface area (Å²) in [5.41, 5.74) is 1.15. The van der Waals surface area contributed by atoms with Crippen LogP contribution in [0.15, 0.2) is 77.7 Å². The van der Waals surface area contributed by atoms with Gasteiger partial charge >= 0.3 is 5.97 Å². The molecule has 6 nitrogen and oxygen atoms in total. The van der Waals surface area contributed by atoms with E-state index in [4.69, 9.17) is 11.6 Å². The van der Waals surface area contributed by atoms with Crippen molar-refractivity contribution in [3.63, 3.8) is 0 Å². The molecule has 1 unspecified atom stereocenters. The van der Waals surface area contributed by atoms with Gasteiger partial charge in [0.2, 0.25) is 5.91 Å². The van der Waals surface area contributed by atoms with Crippen LogP contribution in [0.5, 0.6) is 0 Å². The number of carboxylic acids is 1. The molecule has 3 aromatic rings. The molecule has 1 atom stereocenters. The van der Waals surface area contributed by atoms with Crippen molar-refractivity contribution in [3.8, 4) is 0 Å². The minimum Gasteiger partial charge on any atom is -0.478 e. The lowest BCUT2D eigenvalue weighted by atomic mass is 10.1. The fourth-order valence-corrected chi connectivity index (χ4v) is 3.80. The van der Waals surface area contributed by atoms with Gasteiger partial charge in [0.25, 0.3) is 5.91 Å². The zero-order valence-electron chi connectivity index (χ0n) is 16.5. The fraction of sp³-hybridized carbons (Fsp3) is 0.0870. The Hall–Kier alpha value is -3.29. The number of benzene rings is 3. The molecular formula is C23H19ClN2O4S. The number of aromatic carboxylic acids is 1. The average Bonchev–Trinajstić information content (AvgIpc) is 2.75. The third-order valence-electron chi connectivity index (χ3n) is 4.29. The first-order valence-electron chi connectivity index (χ1n) is 9.30. The number of nitrogens with one attached hydrogen (secondary N) is 2. The Bertz CT molecular complexity index is 1120. The van der Waals surface area contributed by atoms with Crippen LogP contribution in [0.1, 0.15) is 27.6 Å². The maximum atomic E-state index is 12.6. The van der Waals surface area contributed by atoms with E-state index < -0.39 is 17.1 Å². The summed E-state index contributed by atoms with van der Waals surface area (Å²) in [6, 6.07) is 19.9. The van der Waals surface area contributed by atoms with Gasteiger partial charge in [0.05, 0.1) is 16.4 Å². The van der Waals surface area contributed by atoms with E-state index >= 15 is 0 Å². The Kier molecular flexibility index (Phi) is 7.33. The van der Waals surface area contributed by atoms with Crippen LogP contribution in [0, 0.1) is 0 Å². The van der Waals surface area contributed by atoms with Gasteiger partial charge in [-0.2, -0.15) is 0 Å². The third kappa shape index (κ3) is 6.10. The zero-order chi connectivity index (χ0) is 22.4. The van der Waals surface area contributed by atoms with E-state index in [1.807, 2.05) is 6.07 Å². The summed E-state index contributed by atoms with van der Waals surface area (Å²) >= 11 is 7.19. The second kappa shape index (κ2) is 10.1. The molecule has 158 valence electrons. The summed E-state index contributed by atoms with van der Waals surface area (Å²) in [6.45, 7) is 1.78. The predicted molar refractivity (Wildman–Crippen MR) is 123 cm³/mol. The lowest BCUT2D eigenvalue weighted by Crippen LogP contribution is -2.22. The van der Waals surface area contributed by atoms with Crippen molar-refractivity contribution in [1.29, 1.82) is 0 Å². The number of rotatable bonds is 7. The molecule has 0 fully saturated rings. The molecular weight excluding hydrogens is 436 g/mol. The lowest BCUT2D eigenvalue weighted by molar-refractivity contribution is -0.115. The topological polar surface area (TPSA) is 95.5 Å². The Labute approximate surface area is 188 Å². The number of hydrogen-bond acceptors (Lipinski definition) is 4. The van der Waals surface area contributed by atoms with Gasteiger partial charge in [-0.1, -0.05) is 29.8 Å². The van der Waals surface area contributed by atoms with E-state index in [1.165, 1.54) is 23.9 Å². The minimum atomic E-state index is -1.17. The summed E-state index contributed by atoms with van der Waals surface area (Å²) in [5.74, 6) is -1.86. The monoisotopic (exact) mass is 454 g/mol. The maximum absolute atomic E-state index is 12.6. The number of amides is 2. The van der Waals surface area contributed by atoms with E-state index in [9.17, 15) is 19.5 Å². The molecule has 0 spiro atoms. The molecule has 3 N–H and O–H groups in total. The van der Waals surface area contributed by atoms with Crippen LogP contribution in [-0.4, -0.2) is 28.1 Å². The van der Waals surface area contributed by atoms with Gasteiger partial charge in [-0.25, -0.2) is 4.79 Å². The molecule has 8 heteroatoms. The Morgan fingerprint density at radius 1 is 0.871 bits per heavy atom. The number of carbonyl (C=O) groups is 3. The van der Waals surface area contributed by atoms with E-state index in [0.29, 0.717) is 16.4 Å². The molecule has 0 saturated heterocycles. The van der Waals surface area contributed by atoms with E-state index in [1.54, 1.807) is 61.5 Å². The highest BCUT2D eigenvalue weighted by molar-refractivity contribution is 8.00. The minimum absolute atomic E-state index is 0.0713.